The molecule has 0 saturated heterocycles. The normalized spacial score (nSPS) is 23.5. The lowest BCUT2D eigenvalue weighted by Gasteiger charge is -2.37. The molecule has 1 aliphatic rings. The second kappa shape index (κ2) is 6.68. The highest BCUT2D eigenvalue weighted by Gasteiger charge is 2.32. The molecule has 0 aromatic heterocycles. The fourth-order valence-electron chi connectivity index (χ4n) is 3.04. The summed E-state index contributed by atoms with van der Waals surface area (Å²) in [6, 6.07) is 4.46. The van der Waals surface area contributed by atoms with Crippen molar-refractivity contribution in [2.24, 2.45) is 11.3 Å². The van der Waals surface area contributed by atoms with E-state index in [1.165, 1.54) is 12.1 Å². The number of rotatable bonds is 3. The van der Waals surface area contributed by atoms with Crippen LogP contribution in [-0.4, -0.2) is 14.5 Å². The molecule has 1 aromatic carbocycles. The Hall–Kier alpha value is -0.290. The van der Waals surface area contributed by atoms with Gasteiger partial charge in [0, 0.05) is 11.1 Å². The molecule has 22 heavy (non-hydrogen) atoms. The first-order valence-corrected chi connectivity index (χ1v) is 9.81. The molecule has 0 aliphatic heterocycles. The van der Waals surface area contributed by atoms with Crippen LogP contribution in [0.1, 0.15) is 46.5 Å². The molecule has 124 valence electrons. The predicted molar refractivity (Wildman–Crippen MR) is 92.0 cm³/mol. The van der Waals surface area contributed by atoms with Crippen molar-refractivity contribution < 1.29 is 8.42 Å². The number of halogens is 2. The van der Waals surface area contributed by atoms with E-state index >= 15 is 0 Å². The maximum Gasteiger partial charge on any atom is 0.242 e. The SMILES string of the molecule is CC(C)(C)C1CCC(NS(=O)(=O)c2cc(Cl)ccc2Cl)CC1. The minimum absolute atomic E-state index is 0.0290. The molecule has 1 aromatic rings. The van der Waals surface area contributed by atoms with Crippen molar-refractivity contribution in [1.29, 1.82) is 0 Å². The van der Waals surface area contributed by atoms with Gasteiger partial charge in [-0.05, 0) is 55.2 Å². The topological polar surface area (TPSA) is 46.2 Å². The molecule has 0 radical (unpaired) electrons. The molecule has 1 fully saturated rings. The van der Waals surface area contributed by atoms with Crippen LogP contribution in [0, 0.1) is 11.3 Å². The van der Waals surface area contributed by atoms with Gasteiger partial charge >= 0.3 is 0 Å². The molecular weight excluding hydrogens is 341 g/mol. The van der Waals surface area contributed by atoms with Crippen molar-refractivity contribution in [3.8, 4) is 0 Å². The van der Waals surface area contributed by atoms with E-state index < -0.39 is 10.0 Å². The van der Waals surface area contributed by atoms with Crippen molar-refractivity contribution >= 4 is 33.2 Å². The van der Waals surface area contributed by atoms with Crippen LogP contribution in [0.2, 0.25) is 10.0 Å². The van der Waals surface area contributed by atoms with E-state index in [0.717, 1.165) is 25.7 Å². The highest BCUT2D eigenvalue weighted by molar-refractivity contribution is 7.89. The lowest BCUT2D eigenvalue weighted by molar-refractivity contribution is 0.166. The van der Waals surface area contributed by atoms with Gasteiger partial charge in [-0.3, -0.25) is 0 Å². The van der Waals surface area contributed by atoms with Crippen LogP contribution in [0.3, 0.4) is 0 Å². The Morgan fingerprint density at radius 2 is 1.68 bits per heavy atom. The number of benzene rings is 1. The summed E-state index contributed by atoms with van der Waals surface area (Å²) in [5.74, 6) is 0.642. The molecule has 2 rings (SSSR count). The maximum atomic E-state index is 12.5. The van der Waals surface area contributed by atoms with Gasteiger partial charge in [0.25, 0.3) is 0 Å². The van der Waals surface area contributed by atoms with Gasteiger partial charge in [-0.2, -0.15) is 0 Å². The van der Waals surface area contributed by atoms with Gasteiger partial charge in [-0.15, -0.1) is 0 Å². The van der Waals surface area contributed by atoms with Gasteiger partial charge in [-0.1, -0.05) is 44.0 Å². The summed E-state index contributed by atoms with van der Waals surface area (Å²) in [7, 11) is -3.63. The minimum atomic E-state index is -3.63. The van der Waals surface area contributed by atoms with E-state index in [1.54, 1.807) is 6.07 Å². The molecule has 1 N–H and O–H groups in total. The van der Waals surface area contributed by atoms with E-state index in [1.807, 2.05) is 0 Å². The molecule has 0 atom stereocenters. The van der Waals surface area contributed by atoms with E-state index in [0.29, 0.717) is 10.9 Å². The monoisotopic (exact) mass is 363 g/mol. The van der Waals surface area contributed by atoms with E-state index in [9.17, 15) is 8.42 Å². The summed E-state index contributed by atoms with van der Waals surface area (Å²) < 4.78 is 27.8. The summed E-state index contributed by atoms with van der Waals surface area (Å²) >= 11 is 11.9. The van der Waals surface area contributed by atoms with Crippen molar-refractivity contribution in [3.63, 3.8) is 0 Å². The van der Waals surface area contributed by atoms with Gasteiger partial charge in [-0.25, -0.2) is 13.1 Å². The Bertz CT molecular complexity index is 630. The quantitative estimate of drug-likeness (QED) is 0.831. The first kappa shape index (κ1) is 18.1. The van der Waals surface area contributed by atoms with Crippen molar-refractivity contribution in [1.82, 2.24) is 4.72 Å². The van der Waals surface area contributed by atoms with Crippen LogP contribution in [0.25, 0.3) is 0 Å². The molecule has 1 aliphatic carbocycles. The fraction of sp³-hybridized carbons (Fsp3) is 0.625. The number of hydrogen-bond donors (Lipinski definition) is 1. The zero-order valence-electron chi connectivity index (χ0n) is 13.2. The number of hydrogen-bond acceptors (Lipinski definition) is 2. The van der Waals surface area contributed by atoms with E-state index in [4.69, 9.17) is 23.2 Å². The zero-order valence-corrected chi connectivity index (χ0v) is 15.5. The third-order valence-electron chi connectivity index (χ3n) is 4.46. The molecule has 1 saturated carbocycles. The molecule has 6 heteroatoms. The van der Waals surface area contributed by atoms with Gasteiger partial charge in [0.1, 0.15) is 4.90 Å². The molecule has 0 unspecified atom stereocenters. The highest BCUT2D eigenvalue weighted by atomic mass is 35.5. The van der Waals surface area contributed by atoms with Crippen LogP contribution in [0.5, 0.6) is 0 Å². The Morgan fingerprint density at radius 1 is 1.09 bits per heavy atom. The van der Waals surface area contributed by atoms with Crippen LogP contribution < -0.4 is 4.72 Å². The molecule has 0 bridgehead atoms. The second-order valence-corrected chi connectivity index (χ2v) is 9.64. The third kappa shape index (κ3) is 4.38. The average Bonchev–Trinajstić information content (AvgIpc) is 2.40. The standard InChI is InChI=1S/C16H23Cl2NO2S/c1-16(2,3)11-4-7-13(8-5-11)19-22(20,21)15-10-12(17)6-9-14(15)18/h6,9-11,13,19H,4-5,7-8H2,1-3H3. The summed E-state index contributed by atoms with van der Waals surface area (Å²) in [4.78, 5) is 0.0552. The van der Waals surface area contributed by atoms with Crippen LogP contribution in [-0.2, 0) is 10.0 Å². The van der Waals surface area contributed by atoms with Gasteiger partial charge in [0.05, 0.1) is 5.02 Å². The van der Waals surface area contributed by atoms with Crippen LogP contribution in [0.4, 0.5) is 0 Å². The zero-order chi connectivity index (χ0) is 16.5. The third-order valence-corrected chi connectivity index (χ3v) is 6.69. The first-order chi connectivity index (χ1) is 10.1. The van der Waals surface area contributed by atoms with Crippen molar-refractivity contribution in [2.75, 3.05) is 0 Å². The Morgan fingerprint density at radius 3 is 2.23 bits per heavy atom. The van der Waals surface area contributed by atoms with Gasteiger partial charge < -0.3 is 0 Å². The van der Waals surface area contributed by atoms with E-state index in [-0.39, 0.29) is 21.4 Å². The summed E-state index contributed by atoms with van der Waals surface area (Å²) in [5, 5.41) is 0.557. The minimum Gasteiger partial charge on any atom is -0.208 e. The highest BCUT2D eigenvalue weighted by Crippen LogP contribution is 2.38. The Kier molecular flexibility index (Phi) is 5.48. The fourth-order valence-corrected chi connectivity index (χ4v) is 5.11. The van der Waals surface area contributed by atoms with Crippen molar-refractivity contribution in [2.45, 2.75) is 57.4 Å². The molecule has 3 nitrogen and oxygen atoms in total. The van der Waals surface area contributed by atoms with Crippen LogP contribution >= 0.6 is 23.2 Å². The summed E-state index contributed by atoms with van der Waals surface area (Å²) in [6.45, 7) is 6.73. The number of nitrogens with one attached hydrogen (secondary N) is 1. The lowest BCUT2D eigenvalue weighted by Crippen LogP contribution is -2.39. The van der Waals surface area contributed by atoms with Crippen molar-refractivity contribution in [3.05, 3.63) is 28.2 Å². The van der Waals surface area contributed by atoms with Crippen LogP contribution in [0.15, 0.2) is 23.1 Å². The largest absolute Gasteiger partial charge is 0.242 e. The molecule has 0 spiro atoms. The molecule has 0 amide bonds. The van der Waals surface area contributed by atoms with Gasteiger partial charge in [0.2, 0.25) is 10.0 Å². The second-order valence-electron chi connectivity index (χ2n) is 7.11. The van der Waals surface area contributed by atoms with E-state index in [2.05, 4.69) is 25.5 Å². The maximum absolute atomic E-state index is 12.5. The Balaban J connectivity index is 2.06. The van der Waals surface area contributed by atoms with Gasteiger partial charge in [0.15, 0.2) is 0 Å². The Labute approximate surface area is 143 Å². The summed E-state index contributed by atoms with van der Waals surface area (Å²) in [5.41, 5.74) is 0.278. The molecule has 0 heterocycles. The molecular formula is C16H23Cl2NO2S. The average molecular weight is 364 g/mol. The lowest BCUT2D eigenvalue weighted by atomic mass is 9.71. The predicted octanol–water partition coefficient (Wildman–Crippen LogP) is 4.88. The summed E-state index contributed by atoms with van der Waals surface area (Å²) in [6.07, 6.45) is 3.80. The first-order valence-electron chi connectivity index (χ1n) is 7.57. The number of sulfonamides is 1. The smallest absolute Gasteiger partial charge is 0.208 e.